The van der Waals surface area contributed by atoms with Gasteiger partial charge in [0.15, 0.2) is 5.82 Å². The first-order chi connectivity index (χ1) is 17.4. The normalized spacial score (nSPS) is 19.7. The number of H-pyrrole nitrogens is 1. The summed E-state index contributed by atoms with van der Waals surface area (Å²) in [5, 5.41) is 4.65. The quantitative estimate of drug-likeness (QED) is 0.351. The third-order valence-corrected chi connectivity index (χ3v) is 8.84. The van der Waals surface area contributed by atoms with E-state index in [0.29, 0.717) is 30.9 Å². The average molecular weight is 509 g/mol. The van der Waals surface area contributed by atoms with E-state index < -0.39 is 0 Å². The summed E-state index contributed by atoms with van der Waals surface area (Å²) in [4.78, 5) is 30.0. The van der Waals surface area contributed by atoms with Gasteiger partial charge in [-0.25, -0.2) is 9.98 Å². The number of aromatic nitrogens is 2. The first-order valence-electron chi connectivity index (χ1n) is 12.8. The van der Waals surface area contributed by atoms with Gasteiger partial charge in [0.25, 0.3) is 0 Å². The number of rotatable bonds is 5. The van der Waals surface area contributed by atoms with Crippen LogP contribution in [0.15, 0.2) is 17.3 Å². The van der Waals surface area contributed by atoms with E-state index in [0.717, 1.165) is 49.3 Å². The fraction of sp³-hybridized carbons (Fsp3) is 0.519. The number of nitrogens with two attached hydrogens (primary N) is 1. The highest BCUT2D eigenvalue weighted by Gasteiger charge is 2.32. The van der Waals surface area contributed by atoms with Gasteiger partial charge in [-0.05, 0) is 61.3 Å². The number of aryl methyl sites for hydroxylation is 2. The van der Waals surface area contributed by atoms with Crippen LogP contribution < -0.4 is 11.1 Å². The van der Waals surface area contributed by atoms with Crippen molar-refractivity contribution in [3.63, 3.8) is 0 Å². The number of hydrogen-bond acceptors (Lipinski definition) is 6. The molecule has 5 rings (SSSR count). The highest BCUT2D eigenvalue weighted by atomic mass is 32.1. The molecule has 0 aromatic carbocycles. The number of likely N-dealkylation sites (tertiary alicyclic amines) is 1. The van der Waals surface area contributed by atoms with Gasteiger partial charge in [0.05, 0.1) is 25.2 Å². The number of amides is 1. The Balaban J connectivity index is 1.40. The maximum Gasteiger partial charge on any atom is 0.242 e. The van der Waals surface area contributed by atoms with Crippen LogP contribution >= 0.6 is 11.3 Å². The molecule has 3 aromatic heterocycles. The summed E-state index contributed by atoms with van der Waals surface area (Å²) in [5.41, 5.74) is 11.4. The minimum absolute atomic E-state index is 0.182. The van der Waals surface area contributed by atoms with Gasteiger partial charge in [-0.3, -0.25) is 4.79 Å². The summed E-state index contributed by atoms with van der Waals surface area (Å²) in [6.07, 6.45) is 5.16. The highest BCUT2D eigenvalue weighted by Crippen LogP contribution is 2.46. The predicted octanol–water partition coefficient (Wildman–Crippen LogP) is 4.34. The van der Waals surface area contributed by atoms with E-state index in [1.54, 1.807) is 0 Å². The lowest BCUT2D eigenvalue weighted by Gasteiger charge is -2.35. The first-order valence-corrected chi connectivity index (χ1v) is 13.7. The van der Waals surface area contributed by atoms with Crippen molar-refractivity contribution < 1.29 is 9.53 Å². The number of carbonyl (C=O) groups is 1. The molecule has 4 N–H and O–H groups in total. The van der Waals surface area contributed by atoms with Gasteiger partial charge in [-0.15, -0.1) is 11.3 Å². The number of morpholine rings is 1. The molecule has 0 unspecified atom stereocenters. The topological polar surface area (TPSA) is 109 Å². The second-order valence-corrected chi connectivity index (χ2v) is 11.2. The Labute approximate surface area is 216 Å². The Bertz CT molecular complexity index is 1280. The summed E-state index contributed by atoms with van der Waals surface area (Å²) in [7, 11) is 0. The number of aromatic amines is 1. The minimum Gasteiger partial charge on any atom is -0.390 e. The second kappa shape index (κ2) is 10.3. The Kier molecular flexibility index (Phi) is 7.14. The van der Waals surface area contributed by atoms with Crippen LogP contribution in [0.25, 0.3) is 21.5 Å². The number of carbonyl (C=O) groups excluding carboxylic acids is 1. The molecular formula is C27H36N6O2S. The molecule has 0 radical (unpaired) electrons. The summed E-state index contributed by atoms with van der Waals surface area (Å²) >= 11 is 1.88. The van der Waals surface area contributed by atoms with Gasteiger partial charge in [0.1, 0.15) is 10.9 Å². The largest absolute Gasteiger partial charge is 0.390 e. The van der Waals surface area contributed by atoms with Crippen molar-refractivity contribution in [1.29, 1.82) is 0 Å². The molecule has 3 aromatic rings. The summed E-state index contributed by atoms with van der Waals surface area (Å²) in [6.45, 7) is 12.3. The molecule has 1 amide bonds. The maximum absolute atomic E-state index is 12.9. The number of nitrogens with one attached hydrogen (secondary N) is 2. The van der Waals surface area contributed by atoms with E-state index in [4.69, 9.17) is 10.5 Å². The van der Waals surface area contributed by atoms with Gasteiger partial charge < -0.3 is 25.7 Å². The molecule has 5 heterocycles. The number of thiophene rings is 1. The number of piperidine rings is 1. The van der Waals surface area contributed by atoms with Crippen LogP contribution in [0.1, 0.15) is 60.1 Å². The number of ether oxygens (including phenoxy) is 1. The van der Waals surface area contributed by atoms with E-state index in [1.807, 2.05) is 29.4 Å². The zero-order chi connectivity index (χ0) is 25.4. The molecule has 0 aliphatic carbocycles. The molecule has 2 aliphatic heterocycles. The third-order valence-electron chi connectivity index (χ3n) is 7.47. The summed E-state index contributed by atoms with van der Waals surface area (Å²) in [6, 6.07) is 1.93. The van der Waals surface area contributed by atoms with Crippen molar-refractivity contribution in [3.8, 4) is 11.3 Å². The van der Waals surface area contributed by atoms with Crippen LogP contribution in [0.4, 0.5) is 5.82 Å². The molecule has 192 valence electrons. The number of aliphatic imine (C=N–C) groups is 1. The molecule has 36 heavy (non-hydrogen) atoms. The van der Waals surface area contributed by atoms with Gasteiger partial charge >= 0.3 is 0 Å². The number of nitrogens with zero attached hydrogens (tertiary/aromatic N) is 3. The molecule has 1 atom stereocenters. The summed E-state index contributed by atoms with van der Waals surface area (Å²) in [5.74, 6) is 1.68. The third kappa shape index (κ3) is 4.55. The van der Waals surface area contributed by atoms with Gasteiger partial charge in [-0.1, -0.05) is 13.8 Å². The van der Waals surface area contributed by atoms with E-state index in [-0.39, 0.29) is 11.9 Å². The van der Waals surface area contributed by atoms with E-state index in [1.165, 1.54) is 32.6 Å². The van der Waals surface area contributed by atoms with Crippen molar-refractivity contribution in [3.05, 3.63) is 33.8 Å². The average Bonchev–Trinajstić information content (AvgIpc) is 3.42. The lowest BCUT2D eigenvalue weighted by Crippen LogP contribution is -2.53. The van der Waals surface area contributed by atoms with E-state index in [2.05, 4.69) is 47.1 Å². The van der Waals surface area contributed by atoms with Crippen LogP contribution in [0, 0.1) is 13.8 Å². The van der Waals surface area contributed by atoms with Crippen LogP contribution in [-0.4, -0.2) is 66.0 Å². The second-order valence-electron chi connectivity index (χ2n) is 10.2. The molecule has 0 spiro atoms. The highest BCUT2D eigenvalue weighted by molar-refractivity contribution is 7.19. The Morgan fingerprint density at radius 3 is 2.75 bits per heavy atom. The molecule has 8 nitrogen and oxygen atoms in total. The summed E-state index contributed by atoms with van der Waals surface area (Å²) < 4.78 is 5.49. The molecule has 2 saturated heterocycles. The first kappa shape index (κ1) is 24.9. The minimum atomic E-state index is -0.196. The Morgan fingerprint density at radius 2 is 2.11 bits per heavy atom. The molecule has 9 heteroatoms. The number of hydrogen-bond donors (Lipinski definition) is 3. The number of fused-ring (bicyclic) bond motifs is 1. The zero-order valence-electron chi connectivity index (χ0n) is 21.6. The van der Waals surface area contributed by atoms with E-state index in [9.17, 15) is 4.79 Å². The fourth-order valence-electron chi connectivity index (χ4n) is 5.66. The lowest BCUT2D eigenvalue weighted by atomic mass is 9.90. The van der Waals surface area contributed by atoms with Crippen LogP contribution in [0.3, 0.4) is 0 Å². The molecule has 2 fully saturated rings. The molecule has 0 bridgehead atoms. The van der Waals surface area contributed by atoms with Crippen molar-refractivity contribution in [2.75, 3.05) is 32.8 Å². The van der Waals surface area contributed by atoms with Crippen LogP contribution in [-0.2, 0) is 9.53 Å². The molecular weight excluding hydrogens is 472 g/mol. The van der Waals surface area contributed by atoms with Crippen molar-refractivity contribution in [1.82, 2.24) is 20.2 Å². The smallest absolute Gasteiger partial charge is 0.242 e. The SMILES string of the molecule is Cc1cc(-c2[nH]c3sc(C4CCN(C(=O)[C@@H]5COCCN5)CC4)c(C)c3c2C(C)C)cnc1N=CN. The van der Waals surface area contributed by atoms with Crippen molar-refractivity contribution in [2.24, 2.45) is 10.7 Å². The zero-order valence-corrected chi connectivity index (χ0v) is 22.4. The van der Waals surface area contributed by atoms with Crippen molar-refractivity contribution in [2.45, 2.75) is 58.4 Å². The maximum atomic E-state index is 12.9. The van der Waals surface area contributed by atoms with Gasteiger partial charge in [0.2, 0.25) is 5.91 Å². The fourth-order valence-corrected chi connectivity index (χ4v) is 7.06. The Hall–Kier alpha value is -2.75. The van der Waals surface area contributed by atoms with Crippen molar-refractivity contribution >= 4 is 39.6 Å². The molecule has 2 aliphatic rings. The van der Waals surface area contributed by atoms with Crippen LogP contribution in [0.2, 0.25) is 0 Å². The predicted molar refractivity (Wildman–Crippen MR) is 146 cm³/mol. The van der Waals surface area contributed by atoms with Gasteiger partial charge in [0, 0.05) is 41.7 Å². The monoisotopic (exact) mass is 508 g/mol. The molecule has 0 saturated carbocycles. The number of pyridine rings is 1. The standard InChI is InChI=1S/C27H36N6O2S/c1-15(2)21-22-17(4)24(18-5-8-33(9-6-18)27(34)20-13-35-10-7-29-20)36-26(22)32-23(21)19-11-16(3)25(30-12-19)31-14-28/h11-12,14-15,18,20,29,32H,5-10,13H2,1-4H3,(H2,28,30,31)/t20-/m0/s1. The van der Waals surface area contributed by atoms with Gasteiger partial charge in [-0.2, -0.15) is 0 Å². The van der Waals surface area contributed by atoms with E-state index >= 15 is 0 Å². The van der Waals surface area contributed by atoms with Crippen LogP contribution in [0.5, 0.6) is 0 Å². The Morgan fingerprint density at radius 1 is 1.33 bits per heavy atom. The lowest BCUT2D eigenvalue weighted by molar-refractivity contribution is -0.137.